The molecule has 1 fully saturated rings. The van der Waals surface area contributed by atoms with E-state index in [1.165, 1.54) is 5.56 Å². The fourth-order valence-electron chi connectivity index (χ4n) is 3.40. The summed E-state index contributed by atoms with van der Waals surface area (Å²) in [7, 11) is 1.69. The van der Waals surface area contributed by atoms with Gasteiger partial charge in [0.25, 0.3) is 0 Å². The Hall–Kier alpha value is -2.33. The van der Waals surface area contributed by atoms with Gasteiger partial charge in [-0.15, -0.1) is 0 Å². The Balaban J connectivity index is 1.56. The molecule has 1 atom stereocenters. The van der Waals surface area contributed by atoms with Crippen molar-refractivity contribution in [2.24, 2.45) is 5.92 Å². The fourth-order valence-corrected chi connectivity index (χ4v) is 3.40. The Bertz CT molecular complexity index is 687. The molecule has 132 valence electrons. The number of anilines is 1. The minimum atomic E-state index is 0.000397. The van der Waals surface area contributed by atoms with E-state index in [-0.39, 0.29) is 6.03 Å². The zero-order chi connectivity index (χ0) is 17.5. The van der Waals surface area contributed by atoms with Gasteiger partial charge in [0.05, 0.1) is 6.61 Å². The molecule has 4 heteroatoms. The van der Waals surface area contributed by atoms with Crippen molar-refractivity contribution in [3.63, 3.8) is 0 Å². The van der Waals surface area contributed by atoms with Crippen LogP contribution in [0.1, 0.15) is 17.5 Å². The number of hydrogen-bond acceptors (Lipinski definition) is 2. The first-order valence-corrected chi connectivity index (χ1v) is 8.93. The average molecular weight is 338 g/mol. The van der Waals surface area contributed by atoms with E-state index in [1.54, 1.807) is 7.11 Å². The molecular weight excluding hydrogens is 312 g/mol. The number of para-hydroxylation sites is 1. The Labute approximate surface area is 149 Å². The Morgan fingerprint density at radius 1 is 1.16 bits per heavy atom. The van der Waals surface area contributed by atoms with Crippen molar-refractivity contribution in [3.8, 4) is 0 Å². The molecule has 1 aliphatic rings. The number of carbonyl (C=O) groups excluding carboxylic acids is 1. The number of methoxy groups -OCH3 is 1. The van der Waals surface area contributed by atoms with Gasteiger partial charge >= 0.3 is 6.03 Å². The lowest BCUT2D eigenvalue weighted by Crippen LogP contribution is -2.33. The normalized spacial score (nSPS) is 16.8. The third-order valence-corrected chi connectivity index (χ3v) is 4.77. The van der Waals surface area contributed by atoms with Gasteiger partial charge in [-0.2, -0.15) is 0 Å². The lowest BCUT2D eigenvalue weighted by Gasteiger charge is -2.19. The number of ether oxygens (including phenoxy) is 1. The van der Waals surface area contributed by atoms with Crippen molar-refractivity contribution >= 4 is 11.7 Å². The number of amides is 2. The molecule has 1 saturated heterocycles. The first-order valence-electron chi connectivity index (χ1n) is 8.93. The second kappa shape index (κ2) is 8.67. The van der Waals surface area contributed by atoms with Crippen LogP contribution in [0.3, 0.4) is 0 Å². The SMILES string of the molecule is COCCc1ccccc1NC(=O)N1CCC(Cc2ccccc2)C1. The van der Waals surface area contributed by atoms with Crippen LogP contribution in [0.15, 0.2) is 54.6 Å². The van der Waals surface area contributed by atoms with Crippen molar-refractivity contribution in [2.45, 2.75) is 19.3 Å². The number of rotatable bonds is 6. The molecule has 1 aliphatic heterocycles. The molecule has 25 heavy (non-hydrogen) atoms. The number of likely N-dealkylation sites (tertiary alicyclic amines) is 1. The second-order valence-corrected chi connectivity index (χ2v) is 6.62. The maximum absolute atomic E-state index is 12.6. The molecule has 1 heterocycles. The lowest BCUT2D eigenvalue weighted by molar-refractivity contribution is 0.202. The summed E-state index contributed by atoms with van der Waals surface area (Å²) in [6.45, 7) is 2.29. The van der Waals surface area contributed by atoms with Crippen molar-refractivity contribution in [3.05, 3.63) is 65.7 Å². The number of nitrogens with zero attached hydrogens (tertiary/aromatic N) is 1. The summed E-state index contributed by atoms with van der Waals surface area (Å²) in [5, 5.41) is 3.08. The Kier molecular flexibility index (Phi) is 6.07. The van der Waals surface area contributed by atoms with Crippen LogP contribution in [0.2, 0.25) is 0 Å². The zero-order valence-electron chi connectivity index (χ0n) is 14.8. The second-order valence-electron chi connectivity index (χ2n) is 6.62. The monoisotopic (exact) mass is 338 g/mol. The highest BCUT2D eigenvalue weighted by atomic mass is 16.5. The van der Waals surface area contributed by atoms with Gasteiger partial charge in [-0.3, -0.25) is 0 Å². The van der Waals surface area contributed by atoms with E-state index in [0.717, 1.165) is 43.6 Å². The summed E-state index contributed by atoms with van der Waals surface area (Å²) in [5.41, 5.74) is 3.34. The molecule has 0 aliphatic carbocycles. The Morgan fingerprint density at radius 2 is 1.92 bits per heavy atom. The fraction of sp³-hybridized carbons (Fsp3) is 0.381. The maximum atomic E-state index is 12.6. The molecule has 1 N–H and O–H groups in total. The Morgan fingerprint density at radius 3 is 2.72 bits per heavy atom. The van der Waals surface area contributed by atoms with Crippen LogP contribution in [-0.2, 0) is 17.6 Å². The number of urea groups is 1. The molecule has 2 aromatic carbocycles. The highest BCUT2D eigenvalue weighted by Crippen LogP contribution is 2.23. The van der Waals surface area contributed by atoms with Crippen molar-refractivity contribution in [2.75, 3.05) is 32.1 Å². The van der Waals surface area contributed by atoms with Gasteiger partial charge < -0.3 is 15.0 Å². The van der Waals surface area contributed by atoms with E-state index < -0.39 is 0 Å². The minimum Gasteiger partial charge on any atom is -0.384 e. The smallest absolute Gasteiger partial charge is 0.321 e. The highest BCUT2D eigenvalue weighted by Gasteiger charge is 2.26. The van der Waals surface area contributed by atoms with E-state index in [1.807, 2.05) is 35.2 Å². The van der Waals surface area contributed by atoms with E-state index in [9.17, 15) is 4.79 Å². The summed E-state index contributed by atoms with van der Waals surface area (Å²) in [4.78, 5) is 14.6. The van der Waals surface area contributed by atoms with Gasteiger partial charge in [-0.25, -0.2) is 4.79 Å². The quantitative estimate of drug-likeness (QED) is 0.866. The molecule has 3 rings (SSSR count). The first kappa shape index (κ1) is 17.5. The summed E-state index contributed by atoms with van der Waals surface area (Å²) >= 11 is 0. The summed E-state index contributed by atoms with van der Waals surface area (Å²) < 4.78 is 5.15. The van der Waals surface area contributed by atoms with Crippen LogP contribution >= 0.6 is 0 Å². The third kappa shape index (κ3) is 4.83. The predicted molar refractivity (Wildman–Crippen MR) is 101 cm³/mol. The molecule has 2 amide bonds. The molecule has 0 saturated carbocycles. The number of nitrogens with one attached hydrogen (secondary N) is 1. The molecule has 0 radical (unpaired) electrons. The molecule has 1 unspecified atom stereocenters. The van der Waals surface area contributed by atoms with Gasteiger partial charge in [-0.05, 0) is 42.4 Å². The number of hydrogen-bond donors (Lipinski definition) is 1. The van der Waals surface area contributed by atoms with Crippen LogP contribution < -0.4 is 5.32 Å². The van der Waals surface area contributed by atoms with Crippen molar-refractivity contribution in [1.29, 1.82) is 0 Å². The van der Waals surface area contributed by atoms with E-state index in [0.29, 0.717) is 12.5 Å². The largest absolute Gasteiger partial charge is 0.384 e. The van der Waals surface area contributed by atoms with Gasteiger partial charge in [0.2, 0.25) is 0 Å². The van der Waals surface area contributed by atoms with Crippen molar-refractivity contribution < 1.29 is 9.53 Å². The zero-order valence-corrected chi connectivity index (χ0v) is 14.8. The number of carbonyl (C=O) groups is 1. The van der Waals surface area contributed by atoms with Gasteiger partial charge in [-0.1, -0.05) is 48.5 Å². The van der Waals surface area contributed by atoms with Crippen LogP contribution in [0, 0.1) is 5.92 Å². The van der Waals surface area contributed by atoms with E-state index in [2.05, 4.69) is 29.6 Å². The van der Waals surface area contributed by atoms with Gasteiger partial charge in [0, 0.05) is 25.9 Å². The topological polar surface area (TPSA) is 41.6 Å². The highest BCUT2D eigenvalue weighted by molar-refractivity contribution is 5.90. The van der Waals surface area contributed by atoms with Crippen LogP contribution in [-0.4, -0.2) is 37.7 Å². The third-order valence-electron chi connectivity index (χ3n) is 4.77. The van der Waals surface area contributed by atoms with Crippen LogP contribution in [0.25, 0.3) is 0 Å². The van der Waals surface area contributed by atoms with Crippen LogP contribution in [0.5, 0.6) is 0 Å². The maximum Gasteiger partial charge on any atom is 0.321 e. The first-order chi connectivity index (χ1) is 12.3. The number of benzene rings is 2. The standard InChI is InChI=1S/C21H26N2O2/c1-25-14-12-19-9-5-6-10-20(19)22-21(24)23-13-11-18(16-23)15-17-7-3-2-4-8-17/h2-10,18H,11-16H2,1H3,(H,22,24). The lowest BCUT2D eigenvalue weighted by atomic mass is 9.99. The molecule has 0 aromatic heterocycles. The molecular formula is C21H26N2O2. The van der Waals surface area contributed by atoms with E-state index in [4.69, 9.17) is 4.74 Å². The van der Waals surface area contributed by atoms with Crippen molar-refractivity contribution in [1.82, 2.24) is 4.90 Å². The van der Waals surface area contributed by atoms with Gasteiger partial charge in [0.1, 0.15) is 0 Å². The summed E-state index contributed by atoms with van der Waals surface area (Å²) in [6, 6.07) is 18.5. The summed E-state index contributed by atoms with van der Waals surface area (Å²) in [6.07, 6.45) is 2.90. The van der Waals surface area contributed by atoms with E-state index >= 15 is 0 Å². The average Bonchev–Trinajstić information content (AvgIpc) is 3.10. The predicted octanol–water partition coefficient (Wildman–Crippen LogP) is 3.97. The molecule has 0 bridgehead atoms. The van der Waals surface area contributed by atoms with Gasteiger partial charge in [0.15, 0.2) is 0 Å². The van der Waals surface area contributed by atoms with Crippen LogP contribution in [0.4, 0.5) is 10.5 Å². The molecule has 2 aromatic rings. The molecule has 4 nitrogen and oxygen atoms in total. The minimum absolute atomic E-state index is 0.000397. The molecule has 0 spiro atoms. The summed E-state index contributed by atoms with van der Waals surface area (Å²) in [5.74, 6) is 0.539.